The molecular formula is C22H34O2. The number of fused-ring (bicyclic) bond motifs is 1. The van der Waals surface area contributed by atoms with Gasteiger partial charge in [-0.25, -0.2) is 0 Å². The Kier molecular flexibility index (Phi) is 6.51. The third-order valence-electron chi connectivity index (χ3n) is 5.76. The van der Waals surface area contributed by atoms with Crippen LogP contribution in [0.15, 0.2) is 17.7 Å². The number of rotatable bonds is 6. The summed E-state index contributed by atoms with van der Waals surface area (Å²) in [5, 5.41) is 10.0. The Bertz CT molecular complexity index is 596. The fraction of sp³-hybridized carbons (Fsp3) is 0.636. The van der Waals surface area contributed by atoms with Gasteiger partial charge >= 0.3 is 0 Å². The van der Waals surface area contributed by atoms with Crippen molar-refractivity contribution >= 4 is 0 Å². The van der Waals surface area contributed by atoms with Crippen molar-refractivity contribution in [3.8, 4) is 5.75 Å². The molecule has 1 aromatic rings. The molecule has 0 amide bonds. The molecule has 1 unspecified atom stereocenters. The average Bonchev–Trinajstić information content (AvgIpc) is 2.54. The minimum absolute atomic E-state index is 0.268. The van der Waals surface area contributed by atoms with E-state index in [1.165, 1.54) is 40.7 Å². The lowest BCUT2D eigenvalue weighted by Crippen LogP contribution is -2.24. The van der Waals surface area contributed by atoms with Gasteiger partial charge < -0.3 is 9.84 Å². The largest absolute Gasteiger partial charge is 0.496 e. The molecule has 1 N–H and O–H groups in total. The molecular weight excluding hydrogens is 296 g/mol. The quantitative estimate of drug-likeness (QED) is 0.683. The Morgan fingerprint density at radius 2 is 2.04 bits per heavy atom. The van der Waals surface area contributed by atoms with E-state index in [1.807, 2.05) is 0 Å². The second-order valence-electron chi connectivity index (χ2n) is 7.74. The molecule has 0 fully saturated rings. The first-order valence-corrected chi connectivity index (χ1v) is 9.32. The number of aliphatic hydroxyl groups is 1. The summed E-state index contributed by atoms with van der Waals surface area (Å²) in [5.41, 5.74) is 6.72. The maximum atomic E-state index is 10.0. The minimum Gasteiger partial charge on any atom is -0.496 e. The Morgan fingerprint density at radius 1 is 1.33 bits per heavy atom. The summed E-state index contributed by atoms with van der Waals surface area (Å²) in [6, 6.07) is 2.36. The molecule has 0 saturated heterocycles. The van der Waals surface area contributed by atoms with Gasteiger partial charge in [-0.3, -0.25) is 0 Å². The van der Waals surface area contributed by atoms with Crippen molar-refractivity contribution in [2.24, 2.45) is 5.92 Å². The molecule has 0 saturated carbocycles. The predicted octanol–water partition coefficient (Wildman–Crippen LogP) is 5.65. The first-order chi connectivity index (χ1) is 11.4. The summed E-state index contributed by atoms with van der Waals surface area (Å²) in [7, 11) is 1.79. The molecule has 0 spiro atoms. The summed E-state index contributed by atoms with van der Waals surface area (Å²) in [6.07, 6.45) is 6.73. The van der Waals surface area contributed by atoms with Crippen molar-refractivity contribution < 1.29 is 9.84 Å². The van der Waals surface area contributed by atoms with Crippen LogP contribution >= 0.6 is 0 Å². The topological polar surface area (TPSA) is 29.5 Å². The highest BCUT2D eigenvalue weighted by molar-refractivity contribution is 5.54. The van der Waals surface area contributed by atoms with Gasteiger partial charge in [0.25, 0.3) is 0 Å². The fourth-order valence-electron chi connectivity index (χ4n) is 4.23. The molecule has 1 aliphatic rings. The van der Waals surface area contributed by atoms with Crippen molar-refractivity contribution in [3.05, 3.63) is 40.0 Å². The lowest BCUT2D eigenvalue weighted by Gasteiger charge is -2.36. The smallest absolute Gasteiger partial charge is 0.125 e. The molecule has 0 heterocycles. The lowest BCUT2D eigenvalue weighted by atomic mass is 9.70. The van der Waals surface area contributed by atoms with Crippen LogP contribution in [0.4, 0.5) is 0 Å². The Labute approximate surface area is 147 Å². The Morgan fingerprint density at radius 3 is 2.62 bits per heavy atom. The second kappa shape index (κ2) is 8.20. The third kappa shape index (κ3) is 3.85. The average molecular weight is 331 g/mol. The van der Waals surface area contributed by atoms with Crippen LogP contribution in [-0.2, 0) is 0 Å². The first kappa shape index (κ1) is 19.1. The first-order valence-electron chi connectivity index (χ1n) is 9.32. The number of hydrogen-bond donors (Lipinski definition) is 1. The van der Waals surface area contributed by atoms with Gasteiger partial charge in [-0.1, -0.05) is 24.6 Å². The van der Waals surface area contributed by atoms with Crippen LogP contribution in [0.3, 0.4) is 0 Å². The van der Waals surface area contributed by atoms with E-state index in [9.17, 15) is 5.11 Å². The number of aryl methyl sites for hydroxylation is 1. The van der Waals surface area contributed by atoms with Crippen LogP contribution in [0.2, 0.25) is 0 Å². The van der Waals surface area contributed by atoms with Gasteiger partial charge in [0.15, 0.2) is 0 Å². The molecule has 2 heteroatoms. The van der Waals surface area contributed by atoms with E-state index in [0.717, 1.165) is 18.6 Å². The van der Waals surface area contributed by atoms with E-state index in [1.54, 1.807) is 7.11 Å². The number of methoxy groups -OCH3 is 1. The number of ether oxygens (including phenoxy) is 1. The zero-order chi connectivity index (χ0) is 17.9. The van der Waals surface area contributed by atoms with Crippen LogP contribution in [0.25, 0.3) is 0 Å². The predicted molar refractivity (Wildman–Crippen MR) is 102 cm³/mol. The van der Waals surface area contributed by atoms with Crippen LogP contribution in [-0.4, -0.2) is 18.8 Å². The second-order valence-corrected chi connectivity index (χ2v) is 7.74. The van der Waals surface area contributed by atoms with Gasteiger partial charge in [-0.15, -0.1) is 0 Å². The lowest BCUT2D eigenvalue weighted by molar-refractivity contribution is 0.185. The zero-order valence-corrected chi connectivity index (χ0v) is 16.3. The molecule has 1 aromatic carbocycles. The third-order valence-corrected chi connectivity index (χ3v) is 5.76. The monoisotopic (exact) mass is 330 g/mol. The van der Waals surface area contributed by atoms with Crippen molar-refractivity contribution in [3.63, 3.8) is 0 Å². The highest BCUT2D eigenvalue weighted by atomic mass is 16.5. The summed E-state index contributed by atoms with van der Waals surface area (Å²) >= 11 is 0. The van der Waals surface area contributed by atoms with E-state index >= 15 is 0 Å². The molecule has 3 atom stereocenters. The van der Waals surface area contributed by atoms with Crippen LogP contribution in [0, 0.1) is 19.8 Å². The van der Waals surface area contributed by atoms with Crippen molar-refractivity contribution in [1.29, 1.82) is 0 Å². The normalized spacial score (nSPS) is 21.1. The number of aliphatic hydroxyl groups excluding tert-OH is 1. The summed E-state index contributed by atoms with van der Waals surface area (Å²) in [5.74, 6) is 2.38. The van der Waals surface area contributed by atoms with Gasteiger partial charge in [-0.05, 0) is 87.8 Å². The Balaban J connectivity index is 2.40. The van der Waals surface area contributed by atoms with E-state index in [4.69, 9.17) is 4.74 Å². The van der Waals surface area contributed by atoms with E-state index in [0.29, 0.717) is 17.8 Å². The molecule has 0 aromatic heterocycles. The van der Waals surface area contributed by atoms with Crippen molar-refractivity contribution in [1.82, 2.24) is 0 Å². The highest BCUT2D eigenvalue weighted by Crippen LogP contribution is 2.48. The molecule has 2 rings (SSSR count). The zero-order valence-electron chi connectivity index (χ0n) is 16.3. The highest BCUT2D eigenvalue weighted by Gasteiger charge is 2.33. The van der Waals surface area contributed by atoms with Crippen LogP contribution in [0.5, 0.6) is 5.75 Å². The van der Waals surface area contributed by atoms with E-state index in [-0.39, 0.29) is 6.61 Å². The standard InChI is InChI=1S/C22H34O2/c1-14(2)8-7-9-18(13-23)19-11-10-15(3)21-20(19)12-16(4)17(5)22(21)24-6/h8,12,15,18-19,23H,7,9-11,13H2,1-6H3/t15-,18-,19?/m1/s1. The van der Waals surface area contributed by atoms with Gasteiger partial charge in [0.1, 0.15) is 5.75 Å². The SMILES string of the molecule is COc1c(C)c(C)cc2c1[C@H](C)CCC2[C@@H](CO)CCC=C(C)C. The van der Waals surface area contributed by atoms with Crippen molar-refractivity contribution in [2.45, 2.75) is 72.1 Å². The van der Waals surface area contributed by atoms with E-state index < -0.39 is 0 Å². The molecule has 24 heavy (non-hydrogen) atoms. The van der Waals surface area contributed by atoms with Gasteiger partial charge in [0, 0.05) is 12.2 Å². The summed E-state index contributed by atoms with van der Waals surface area (Å²) in [6.45, 7) is 11.2. The number of hydrogen-bond acceptors (Lipinski definition) is 2. The van der Waals surface area contributed by atoms with Gasteiger partial charge in [0.2, 0.25) is 0 Å². The van der Waals surface area contributed by atoms with Gasteiger partial charge in [0.05, 0.1) is 7.11 Å². The van der Waals surface area contributed by atoms with Crippen LogP contribution in [0.1, 0.15) is 80.5 Å². The van der Waals surface area contributed by atoms with E-state index in [2.05, 4.69) is 46.8 Å². The maximum Gasteiger partial charge on any atom is 0.125 e. The minimum atomic E-state index is 0.268. The van der Waals surface area contributed by atoms with Crippen LogP contribution < -0.4 is 4.74 Å². The molecule has 0 aliphatic heterocycles. The fourth-order valence-corrected chi connectivity index (χ4v) is 4.23. The summed E-state index contributed by atoms with van der Waals surface area (Å²) in [4.78, 5) is 0. The maximum absolute atomic E-state index is 10.0. The molecule has 2 nitrogen and oxygen atoms in total. The summed E-state index contributed by atoms with van der Waals surface area (Å²) < 4.78 is 5.80. The molecule has 134 valence electrons. The number of allylic oxidation sites excluding steroid dienone is 2. The number of benzene rings is 1. The van der Waals surface area contributed by atoms with Gasteiger partial charge in [-0.2, -0.15) is 0 Å². The molecule has 0 radical (unpaired) electrons. The Hall–Kier alpha value is -1.28. The molecule has 0 bridgehead atoms. The van der Waals surface area contributed by atoms with Crippen molar-refractivity contribution in [2.75, 3.05) is 13.7 Å². The molecule has 1 aliphatic carbocycles.